The zero-order valence-corrected chi connectivity index (χ0v) is 20.6. The van der Waals surface area contributed by atoms with Crippen molar-refractivity contribution in [2.24, 2.45) is 28.6 Å². The van der Waals surface area contributed by atoms with Crippen LogP contribution in [0.3, 0.4) is 0 Å². The van der Waals surface area contributed by atoms with E-state index in [-0.39, 0.29) is 54.6 Å². The maximum absolute atomic E-state index is 13.2. The number of esters is 1. The summed E-state index contributed by atoms with van der Waals surface area (Å²) in [5, 5.41) is 33.7. The summed E-state index contributed by atoms with van der Waals surface area (Å²) in [5.74, 6) is -2.42. The van der Waals surface area contributed by atoms with Gasteiger partial charge in [0.1, 0.15) is 5.60 Å². The van der Waals surface area contributed by atoms with Gasteiger partial charge in [0.2, 0.25) is 5.78 Å². The number of aliphatic hydroxyl groups is 2. The molecular weight excluding hydrogens is 454 g/mol. The van der Waals surface area contributed by atoms with E-state index in [1.807, 2.05) is 6.92 Å². The third-order valence-corrected chi connectivity index (χ3v) is 9.89. The molecule has 3 saturated carbocycles. The van der Waals surface area contributed by atoms with Gasteiger partial charge in [-0.1, -0.05) is 19.4 Å². The van der Waals surface area contributed by atoms with Crippen LogP contribution in [0.4, 0.5) is 0 Å². The fraction of sp³-hybridized carbons (Fsp3) is 0.769. The minimum absolute atomic E-state index is 0.0280. The lowest BCUT2D eigenvalue weighted by Crippen LogP contribution is -2.66. The van der Waals surface area contributed by atoms with Crippen molar-refractivity contribution in [3.05, 3.63) is 11.6 Å². The van der Waals surface area contributed by atoms with Crippen molar-refractivity contribution in [3.63, 3.8) is 0 Å². The number of carbonyl (C=O) groups is 4. The van der Waals surface area contributed by atoms with Crippen LogP contribution in [-0.2, 0) is 23.9 Å². The first-order valence-corrected chi connectivity index (χ1v) is 12.7. The van der Waals surface area contributed by atoms with Gasteiger partial charge in [-0.15, -0.1) is 0 Å². The molecule has 35 heavy (non-hydrogen) atoms. The van der Waals surface area contributed by atoms with Gasteiger partial charge in [-0.2, -0.15) is 0 Å². The lowest BCUT2D eigenvalue weighted by molar-refractivity contribution is -0.410. The maximum Gasteiger partial charge on any atom is 0.365 e. The molecule has 4 aliphatic carbocycles. The highest BCUT2D eigenvalue weighted by atomic mass is 16.5. The number of Topliss-reactive ketones (excluding diaryl/α,β-unsaturated/α-hetero) is 1. The van der Waals surface area contributed by atoms with Gasteiger partial charge in [0.05, 0.1) is 6.10 Å². The predicted molar refractivity (Wildman–Crippen MR) is 120 cm³/mol. The maximum atomic E-state index is 13.2. The lowest BCUT2D eigenvalue weighted by Gasteiger charge is -2.60. The molecule has 0 aromatic heterocycles. The van der Waals surface area contributed by atoms with Crippen molar-refractivity contribution in [1.29, 1.82) is 0 Å². The highest BCUT2D eigenvalue weighted by Crippen LogP contribution is 2.67. The highest BCUT2D eigenvalue weighted by Gasteiger charge is 2.68. The largest absolute Gasteiger partial charge is 0.550 e. The van der Waals surface area contributed by atoms with E-state index in [1.165, 1.54) is 0 Å². The number of ketones is 2. The van der Waals surface area contributed by atoms with E-state index in [0.29, 0.717) is 19.3 Å². The molecule has 0 radical (unpaired) electrons. The predicted octanol–water partition coefficient (Wildman–Crippen LogP) is -0.527. The summed E-state index contributed by atoms with van der Waals surface area (Å²) in [5.41, 5.74) is 1.85. The topological polar surface area (TPSA) is 169 Å². The minimum Gasteiger partial charge on any atom is -0.550 e. The number of fused-ring (bicyclic) bond motifs is 5. The minimum atomic E-state index is -1.73. The number of carboxylic acid groups (broad SMARTS) is 1. The Balaban J connectivity index is 1.49. The molecule has 8 atom stereocenters. The molecule has 0 saturated heterocycles. The summed E-state index contributed by atoms with van der Waals surface area (Å²) < 4.78 is 5.10. The number of rotatable bonds is 7. The fourth-order valence-corrected chi connectivity index (χ4v) is 7.93. The van der Waals surface area contributed by atoms with E-state index >= 15 is 0 Å². The molecular formula is C26H37NO8. The van der Waals surface area contributed by atoms with Crippen molar-refractivity contribution >= 4 is 23.5 Å². The van der Waals surface area contributed by atoms with Crippen LogP contribution < -0.4 is 10.8 Å². The molecule has 5 N–H and O–H groups in total. The molecule has 0 heterocycles. The Morgan fingerprint density at radius 1 is 1.23 bits per heavy atom. The van der Waals surface area contributed by atoms with Crippen LogP contribution >= 0.6 is 0 Å². The summed E-state index contributed by atoms with van der Waals surface area (Å²) in [6, 6.07) is -0.952. The Morgan fingerprint density at radius 2 is 1.94 bits per heavy atom. The molecule has 4 rings (SSSR count). The van der Waals surface area contributed by atoms with Crippen LogP contribution in [0.1, 0.15) is 71.6 Å². The van der Waals surface area contributed by atoms with Crippen molar-refractivity contribution < 1.29 is 45.0 Å². The molecule has 0 spiro atoms. The first-order valence-electron chi connectivity index (χ1n) is 12.7. The molecule has 0 bridgehead atoms. The second-order valence-corrected chi connectivity index (χ2v) is 11.6. The van der Waals surface area contributed by atoms with Crippen LogP contribution in [0.5, 0.6) is 0 Å². The van der Waals surface area contributed by atoms with Gasteiger partial charge in [0.25, 0.3) is 0 Å². The van der Waals surface area contributed by atoms with E-state index < -0.39 is 47.5 Å². The lowest BCUT2D eigenvalue weighted by atomic mass is 9.45. The molecule has 9 heteroatoms. The molecule has 0 aromatic rings. The first kappa shape index (κ1) is 26.0. The summed E-state index contributed by atoms with van der Waals surface area (Å²) in [4.78, 5) is 48.0. The molecule has 4 aliphatic rings. The number of quaternary nitrogens is 1. The second-order valence-electron chi connectivity index (χ2n) is 11.6. The number of aliphatic hydroxyl groups excluding tert-OH is 1. The number of ether oxygens (including phenoxy) is 1. The molecule has 3 fully saturated rings. The Bertz CT molecular complexity index is 961. The van der Waals surface area contributed by atoms with Gasteiger partial charge in [0.15, 0.2) is 18.4 Å². The fourth-order valence-electron chi connectivity index (χ4n) is 7.93. The van der Waals surface area contributed by atoms with Gasteiger partial charge >= 0.3 is 5.97 Å². The molecule has 9 nitrogen and oxygen atoms in total. The van der Waals surface area contributed by atoms with E-state index in [0.717, 1.165) is 18.4 Å². The van der Waals surface area contributed by atoms with E-state index in [9.17, 15) is 34.5 Å². The van der Waals surface area contributed by atoms with E-state index in [4.69, 9.17) is 4.74 Å². The van der Waals surface area contributed by atoms with Gasteiger partial charge in [-0.25, -0.2) is 4.79 Å². The van der Waals surface area contributed by atoms with Crippen molar-refractivity contribution in [2.75, 3.05) is 6.61 Å². The van der Waals surface area contributed by atoms with Crippen LogP contribution in [-0.4, -0.2) is 58.1 Å². The molecule has 0 aromatic carbocycles. The van der Waals surface area contributed by atoms with Crippen molar-refractivity contribution in [2.45, 2.75) is 89.4 Å². The van der Waals surface area contributed by atoms with Crippen LogP contribution in [0, 0.1) is 28.6 Å². The quantitative estimate of drug-likeness (QED) is 0.399. The van der Waals surface area contributed by atoms with Gasteiger partial charge in [-0.05, 0) is 74.2 Å². The highest BCUT2D eigenvalue weighted by molar-refractivity contribution is 5.92. The summed E-state index contributed by atoms with van der Waals surface area (Å²) in [7, 11) is 0. The van der Waals surface area contributed by atoms with Crippen molar-refractivity contribution in [1.82, 2.24) is 0 Å². The number of hydrogen-bond acceptors (Lipinski definition) is 8. The third-order valence-electron chi connectivity index (χ3n) is 9.89. The number of allylic oxidation sites excluding steroid dienone is 1. The van der Waals surface area contributed by atoms with Crippen molar-refractivity contribution in [3.8, 4) is 0 Å². The zero-order chi connectivity index (χ0) is 25.8. The standard InChI is InChI=1S/C26H37NO8/c1-24-9-7-15(28)11-14(24)3-4-16-17-8-10-26(34,25(17,2)12-19(29)22(16)24)20(30)13-35-23(33)18(27)5-6-21(31)32/h11,16-19,22,29,34H,3-10,12-13,27H2,1-2H3,(H,31,32)/t16-,17+,18+,19-,22+,24-,25+,26-/m1/s1. The molecule has 0 unspecified atom stereocenters. The molecule has 0 amide bonds. The van der Waals surface area contributed by atoms with E-state index in [1.54, 1.807) is 6.08 Å². The Hall–Kier alpha value is -2.10. The number of hydrogen-bond donors (Lipinski definition) is 3. The van der Waals surface area contributed by atoms with Gasteiger partial charge < -0.3 is 30.6 Å². The van der Waals surface area contributed by atoms with Gasteiger partial charge in [-0.3, -0.25) is 9.59 Å². The third kappa shape index (κ3) is 4.15. The Morgan fingerprint density at radius 3 is 2.63 bits per heavy atom. The average molecular weight is 492 g/mol. The zero-order valence-electron chi connectivity index (χ0n) is 20.6. The number of carbonyl (C=O) groups excluding carboxylic acids is 4. The SMILES string of the molecule is C[C@]12C[C@@H](O)[C@@H]3[C@H](CCC4=CC(=O)CC[C@]43C)[C@@H]1CC[C@@]2(O)C(=O)COC(=O)[C@@H]([NH3+])CCC(=O)[O-]. The van der Waals surface area contributed by atoms with E-state index in [2.05, 4.69) is 12.7 Å². The van der Waals surface area contributed by atoms with Crippen LogP contribution in [0.2, 0.25) is 0 Å². The van der Waals surface area contributed by atoms with Crippen LogP contribution in [0.25, 0.3) is 0 Å². The second kappa shape index (κ2) is 9.09. The van der Waals surface area contributed by atoms with Gasteiger partial charge in [0, 0.05) is 24.2 Å². The summed E-state index contributed by atoms with van der Waals surface area (Å²) >= 11 is 0. The van der Waals surface area contributed by atoms with Crippen LogP contribution in [0.15, 0.2) is 11.6 Å². The molecule has 0 aliphatic heterocycles. The average Bonchev–Trinajstić information content (AvgIpc) is 3.06. The Kier molecular flexibility index (Phi) is 6.74. The summed E-state index contributed by atoms with van der Waals surface area (Å²) in [6.45, 7) is 3.40. The first-order chi connectivity index (χ1) is 16.3. The number of carboxylic acids is 1. The number of aliphatic carboxylic acids is 1. The Labute approximate surface area is 205 Å². The smallest absolute Gasteiger partial charge is 0.365 e. The molecule has 194 valence electrons. The monoisotopic (exact) mass is 491 g/mol. The summed E-state index contributed by atoms with van der Waals surface area (Å²) in [6.07, 6.45) is 4.54. The normalized spacial score (nSPS) is 41.2.